The minimum atomic E-state index is 0.181. The van der Waals surface area contributed by atoms with Crippen molar-refractivity contribution in [3.63, 3.8) is 0 Å². The molecule has 0 aliphatic rings. The van der Waals surface area contributed by atoms with E-state index in [1.807, 2.05) is 13.8 Å². The average molecular weight is 240 g/mol. The maximum absolute atomic E-state index is 4.78. The summed E-state index contributed by atoms with van der Waals surface area (Å²) >= 11 is 17.5. The first kappa shape index (κ1) is 12.5. The van der Waals surface area contributed by atoms with Crippen LogP contribution < -0.4 is 10.6 Å². The normalized spacial score (nSPS) is 14.7. The van der Waals surface area contributed by atoms with Crippen LogP contribution in [0.5, 0.6) is 0 Å². The summed E-state index contributed by atoms with van der Waals surface area (Å²) in [5, 5.41) is 5.97. The average Bonchev–Trinajstić information content (AvgIpc) is 1.84. The van der Waals surface area contributed by atoms with Gasteiger partial charge in [-0.3, -0.25) is 0 Å². The van der Waals surface area contributed by atoms with Crippen LogP contribution in [-0.4, -0.2) is 20.7 Å². The van der Waals surface area contributed by atoms with E-state index >= 15 is 0 Å². The lowest BCUT2D eigenvalue weighted by Gasteiger charge is -2.22. The van der Waals surface area contributed by atoms with Crippen LogP contribution in [0.2, 0.25) is 0 Å². The molecule has 6 heteroatoms. The van der Waals surface area contributed by atoms with Gasteiger partial charge >= 0.3 is 0 Å². The van der Waals surface area contributed by atoms with Crippen molar-refractivity contribution in [1.29, 1.82) is 0 Å². The Balaban J connectivity index is 3.83. The fraction of sp³-hybridized carbons (Fsp3) is 0.667. The highest BCUT2D eigenvalue weighted by Crippen LogP contribution is 1.95. The van der Waals surface area contributed by atoms with E-state index in [0.717, 1.165) is 0 Å². The zero-order valence-electron chi connectivity index (χ0n) is 6.87. The Morgan fingerprint density at radius 1 is 1.00 bits per heavy atom. The van der Waals surface area contributed by atoms with Crippen molar-refractivity contribution in [3.05, 3.63) is 0 Å². The van der Waals surface area contributed by atoms with E-state index in [9.17, 15) is 0 Å². The first-order valence-corrected chi connectivity index (χ1v) is 5.13. The summed E-state index contributed by atoms with van der Waals surface area (Å²) in [5.74, 6) is 0. The van der Waals surface area contributed by atoms with Crippen molar-refractivity contribution in [2.24, 2.45) is 0 Å². The Morgan fingerprint density at radius 2 is 1.25 bits per heavy atom. The molecule has 0 amide bonds. The molecule has 2 N–H and O–H groups in total. The molecule has 70 valence electrons. The third-order valence-electron chi connectivity index (χ3n) is 1.45. The molecule has 12 heavy (non-hydrogen) atoms. The van der Waals surface area contributed by atoms with Gasteiger partial charge < -0.3 is 10.6 Å². The van der Waals surface area contributed by atoms with Gasteiger partial charge in [0.1, 0.15) is 8.64 Å². The highest BCUT2D eigenvalue weighted by Gasteiger charge is 2.11. The zero-order chi connectivity index (χ0) is 9.72. The fourth-order valence-corrected chi connectivity index (χ4v) is 1.42. The molecule has 0 aromatic rings. The van der Waals surface area contributed by atoms with Crippen LogP contribution in [0.3, 0.4) is 0 Å². The molecule has 0 aliphatic carbocycles. The highest BCUT2D eigenvalue weighted by molar-refractivity contribution is 8.11. The minimum absolute atomic E-state index is 0.181. The van der Waals surface area contributed by atoms with E-state index in [0.29, 0.717) is 8.64 Å². The predicted molar refractivity (Wildman–Crippen MR) is 68.4 cm³/mol. The van der Waals surface area contributed by atoms with Gasteiger partial charge in [-0.2, -0.15) is 0 Å². The number of hydrogen-bond donors (Lipinski definition) is 4. The molecule has 0 radical (unpaired) electrons. The number of hydrogen-bond acceptors (Lipinski definition) is 2. The second-order valence-corrected chi connectivity index (χ2v) is 4.79. The number of rotatable bonds is 3. The molecule has 0 saturated heterocycles. The second-order valence-electron chi connectivity index (χ2n) is 2.48. The topological polar surface area (TPSA) is 24.1 Å². The lowest BCUT2D eigenvalue weighted by molar-refractivity contribution is 0.522. The third kappa shape index (κ3) is 6.05. The van der Waals surface area contributed by atoms with Crippen LogP contribution in [0.1, 0.15) is 13.8 Å². The van der Waals surface area contributed by atoms with E-state index in [4.69, 9.17) is 24.4 Å². The summed E-state index contributed by atoms with van der Waals surface area (Å²) in [7, 11) is 0. The Bertz CT molecular complexity index is 162. The van der Waals surface area contributed by atoms with E-state index in [1.165, 1.54) is 0 Å². The lowest BCUT2D eigenvalue weighted by atomic mass is 10.2. The molecule has 0 fully saturated rings. The largest absolute Gasteiger partial charge is 0.367 e. The summed E-state index contributed by atoms with van der Waals surface area (Å²) in [6.07, 6.45) is 0. The van der Waals surface area contributed by atoms with Crippen molar-refractivity contribution in [2.45, 2.75) is 25.9 Å². The Hall–Kier alpha value is 0.480. The third-order valence-corrected chi connectivity index (χ3v) is 1.95. The molecule has 0 aliphatic heterocycles. The summed E-state index contributed by atoms with van der Waals surface area (Å²) in [4.78, 5) is 0. The van der Waals surface area contributed by atoms with Crippen LogP contribution in [-0.2, 0) is 0 Å². The Kier molecular flexibility index (Phi) is 6.25. The maximum atomic E-state index is 4.78. The fourth-order valence-electron chi connectivity index (χ4n) is 0.640. The van der Waals surface area contributed by atoms with Crippen LogP contribution in [0.4, 0.5) is 0 Å². The molecule has 2 unspecified atom stereocenters. The van der Waals surface area contributed by atoms with Gasteiger partial charge in [-0.25, -0.2) is 0 Å². The summed E-state index contributed by atoms with van der Waals surface area (Å²) in [5.41, 5.74) is 0. The van der Waals surface area contributed by atoms with Gasteiger partial charge in [0.25, 0.3) is 0 Å². The number of thiol groups is 2. The van der Waals surface area contributed by atoms with Crippen LogP contribution >= 0.6 is 49.7 Å². The van der Waals surface area contributed by atoms with Gasteiger partial charge in [0, 0.05) is 12.1 Å². The van der Waals surface area contributed by atoms with Gasteiger partial charge in [-0.05, 0) is 13.8 Å². The zero-order valence-corrected chi connectivity index (χ0v) is 10.3. The van der Waals surface area contributed by atoms with Gasteiger partial charge in [0.05, 0.1) is 0 Å². The van der Waals surface area contributed by atoms with Gasteiger partial charge in [-0.15, -0.1) is 25.3 Å². The van der Waals surface area contributed by atoms with Crippen molar-refractivity contribution in [2.75, 3.05) is 0 Å². The number of thiocarbonyl (C=S) groups is 2. The summed E-state index contributed by atoms with van der Waals surface area (Å²) < 4.78 is 0.975. The Morgan fingerprint density at radius 3 is 1.42 bits per heavy atom. The summed E-state index contributed by atoms with van der Waals surface area (Å²) in [6.45, 7) is 3.98. The standard InChI is InChI=1S/C6H12N2S4/c1-3(7-5(9)10)4(2)8-6(11)12/h3-4H,1-2H3,(H2,7,9,10)(H2,8,11,12). The smallest absolute Gasteiger partial charge is 0.130 e. The molecule has 0 bridgehead atoms. The molecular weight excluding hydrogens is 228 g/mol. The molecule has 0 aromatic heterocycles. The van der Waals surface area contributed by atoms with Gasteiger partial charge in [0.15, 0.2) is 0 Å². The van der Waals surface area contributed by atoms with Gasteiger partial charge in [-0.1, -0.05) is 24.4 Å². The van der Waals surface area contributed by atoms with E-state index < -0.39 is 0 Å². The van der Waals surface area contributed by atoms with Crippen molar-refractivity contribution < 1.29 is 0 Å². The first-order valence-electron chi connectivity index (χ1n) is 3.42. The van der Waals surface area contributed by atoms with Crippen LogP contribution in [0.15, 0.2) is 0 Å². The molecule has 2 nitrogen and oxygen atoms in total. The summed E-state index contributed by atoms with van der Waals surface area (Å²) in [6, 6.07) is 0.361. The molecule has 0 saturated carbocycles. The number of nitrogens with one attached hydrogen (secondary N) is 2. The molecule has 2 atom stereocenters. The minimum Gasteiger partial charge on any atom is -0.367 e. The second kappa shape index (κ2) is 6.01. The van der Waals surface area contributed by atoms with Gasteiger partial charge in [0.2, 0.25) is 0 Å². The molecule has 0 heterocycles. The SMILES string of the molecule is CC(NC(=S)S)C(C)NC(=S)S. The maximum Gasteiger partial charge on any atom is 0.130 e. The highest BCUT2D eigenvalue weighted by atomic mass is 32.1. The van der Waals surface area contributed by atoms with Crippen LogP contribution in [0.25, 0.3) is 0 Å². The van der Waals surface area contributed by atoms with Crippen LogP contribution in [0, 0.1) is 0 Å². The van der Waals surface area contributed by atoms with E-state index in [2.05, 4.69) is 35.9 Å². The molecule has 0 aromatic carbocycles. The Labute approximate surface area is 94.7 Å². The quantitative estimate of drug-likeness (QED) is 0.442. The van der Waals surface area contributed by atoms with E-state index in [1.54, 1.807) is 0 Å². The molecule has 0 spiro atoms. The van der Waals surface area contributed by atoms with Crippen molar-refractivity contribution in [1.82, 2.24) is 10.6 Å². The monoisotopic (exact) mass is 240 g/mol. The molecule has 0 rings (SSSR count). The molecular formula is C6H12N2S4. The van der Waals surface area contributed by atoms with Crippen molar-refractivity contribution >= 4 is 58.3 Å². The first-order chi connectivity index (χ1) is 5.43. The lowest BCUT2D eigenvalue weighted by Crippen LogP contribution is -2.45. The predicted octanol–water partition coefficient (Wildman–Crippen LogP) is 1.37. The van der Waals surface area contributed by atoms with Crippen molar-refractivity contribution in [3.8, 4) is 0 Å². The van der Waals surface area contributed by atoms with E-state index in [-0.39, 0.29) is 12.1 Å².